The van der Waals surface area contributed by atoms with Gasteiger partial charge in [-0.3, -0.25) is 14.4 Å². The highest BCUT2D eigenvalue weighted by molar-refractivity contribution is 5.81. The van der Waals surface area contributed by atoms with Crippen LogP contribution in [0.25, 0.3) is 0 Å². The number of benzene rings is 1. The van der Waals surface area contributed by atoms with Gasteiger partial charge in [-0.05, 0) is 31.0 Å². The van der Waals surface area contributed by atoms with Crippen molar-refractivity contribution in [2.24, 2.45) is 5.73 Å². The van der Waals surface area contributed by atoms with E-state index in [1.165, 1.54) is 0 Å². The maximum absolute atomic E-state index is 12.0. The van der Waals surface area contributed by atoms with Crippen molar-refractivity contribution in [1.82, 2.24) is 14.7 Å². The zero-order chi connectivity index (χ0) is 14.7. The lowest BCUT2D eigenvalue weighted by Crippen LogP contribution is -2.42. The number of aromatic nitrogens is 2. The van der Waals surface area contributed by atoms with E-state index in [1.807, 2.05) is 47.3 Å². The van der Waals surface area contributed by atoms with Crippen LogP contribution in [0.2, 0.25) is 0 Å². The van der Waals surface area contributed by atoms with Crippen molar-refractivity contribution in [1.29, 1.82) is 0 Å². The Bertz CT molecular complexity index is 582. The Morgan fingerprint density at radius 3 is 2.81 bits per heavy atom. The van der Waals surface area contributed by atoms with Crippen molar-refractivity contribution in [3.63, 3.8) is 0 Å². The third kappa shape index (κ3) is 2.97. The smallest absolute Gasteiger partial charge is 0.239 e. The molecule has 0 saturated carbocycles. The Morgan fingerprint density at radius 1 is 1.33 bits per heavy atom. The molecule has 0 aliphatic carbocycles. The van der Waals surface area contributed by atoms with Gasteiger partial charge >= 0.3 is 0 Å². The normalized spacial score (nSPS) is 20.5. The van der Waals surface area contributed by atoms with E-state index in [0.717, 1.165) is 31.5 Å². The number of hydrogen-bond acceptors (Lipinski definition) is 3. The number of likely N-dealkylation sites (tertiary alicyclic amines) is 1. The summed E-state index contributed by atoms with van der Waals surface area (Å²) in [7, 11) is 0. The number of rotatable bonds is 5. The Hall–Kier alpha value is -2.14. The summed E-state index contributed by atoms with van der Waals surface area (Å²) in [6.07, 6.45) is 5.89. The maximum atomic E-state index is 12.0. The van der Waals surface area contributed by atoms with E-state index in [-0.39, 0.29) is 11.9 Å². The van der Waals surface area contributed by atoms with E-state index in [0.29, 0.717) is 6.04 Å². The number of nitrogens with zero attached hydrogens (tertiary/aromatic N) is 3. The molecule has 1 fully saturated rings. The molecule has 0 radical (unpaired) electrons. The quantitative estimate of drug-likeness (QED) is 0.906. The summed E-state index contributed by atoms with van der Waals surface area (Å²) in [4.78, 5) is 14.2. The average molecular weight is 284 g/mol. The van der Waals surface area contributed by atoms with Crippen molar-refractivity contribution in [3.05, 3.63) is 54.4 Å². The van der Waals surface area contributed by atoms with Crippen LogP contribution in [-0.2, 0) is 11.3 Å². The van der Waals surface area contributed by atoms with Crippen molar-refractivity contribution in [3.8, 4) is 0 Å². The number of amides is 1. The van der Waals surface area contributed by atoms with Crippen LogP contribution in [0.15, 0.2) is 48.8 Å². The van der Waals surface area contributed by atoms with Crippen LogP contribution >= 0.6 is 0 Å². The van der Waals surface area contributed by atoms with Crippen LogP contribution < -0.4 is 5.73 Å². The molecule has 2 atom stereocenters. The van der Waals surface area contributed by atoms with Gasteiger partial charge in [-0.15, -0.1) is 0 Å². The summed E-state index contributed by atoms with van der Waals surface area (Å²) in [5, 5.41) is 4.26. The molecule has 1 aliphatic heterocycles. The number of nitrogens with two attached hydrogens (primary N) is 1. The van der Waals surface area contributed by atoms with Gasteiger partial charge < -0.3 is 5.73 Å². The van der Waals surface area contributed by atoms with Crippen LogP contribution in [0.4, 0.5) is 0 Å². The van der Waals surface area contributed by atoms with Gasteiger partial charge in [0.05, 0.1) is 6.54 Å². The highest BCUT2D eigenvalue weighted by atomic mass is 16.1. The van der Waals surface area contributed by atoms with Crippen LogP contribution in [0.3, 0.4) is 0 Å². The molecule has 0 spiro atoms. The lowest BCUT2D eigenvalue weighted by Gasteiger charge is -2.31. The molecule has 2 heterocycles. The summed E-state index contributed by atoms with van der Waals surface area (Å²) in [6.45, 7) is 1.69. The first-order valence-electron chi connectivity index (χ1n) is 7.33. The Labute approximate surface area is 124 Å². The molecule has 1 aliphatic rings. The zero-order valence-corrected chi connectivity index (χ0v) is 11.9. The minimum atomic E-state index is -0.353. The lowest BCUT2D eigenvalue weighted by atomic mass is 10.0. The largest absolute Gasteiger partial charge is 0.368 e. The molecule has 1 aromatic heterocycles. The van der Waals surface area contributed by atoms with Crippen molar-refractivity contribution >= 4 is 5.91 Å². The molecule has 5 nitrogen and oxygen atoms in total. The van der Waals surface area contributed by atoms with Crippen molar-refractivity contribution in [2.75, 3.05) is 6.54 Å². The third-order valence-electron chi connectivity index (χ3n) is 4.10. The first-order valence-corrected chi connectivity index (χ1v) is 7.33. The minimum Gasteiger partial charge on any atom is -0.368 e. The Kier molecular flexibility index (Phi) is 4.01. The lowest BCUT2D eigenvalue weighted by molar-refractivity contribution is -0.124. The topological polar surface area (TPSA) is 64.2 Å². The van der Waals surface area contributed by atoms with Crippen LogP contribution in [0, 0.1) is 0 Å². The molecule has 0 unspecified atom stereocenters. The summed E-state index contributed by atoms with van der Waals surface area (Å²) in [5.41, 5.74) is 6.65. The summed E-state index contributed by atoms with van der Waals surface area (Å²) >= 11 is 0. The van der Waals surface area contributed by atoms with E-state index >= 15 is 0 Å². The van der Waals surface area contributed by atoms with Gasteiger partial charge in [0, 0.05) is 18.4 Å². The average Bonchev–Trinajstić information content (AvgIpc) is 3.13. The standard InChI is InChI=1S/C16H20N4O/c17-16(21)15(13-6-2-1-3-7-13)20-11-4-8-14(20)12-19-10-5-9-18-19/h1-3,5-7,9-10,14-15H,4,8,11-12H2,(H2,17,21)/t14-,15+/m0/s1. The monoisotopic (exact) mass is 284 g/mol. The van der Waals surface area contributed by atoms with Gasteiger partial charge in [-0.25, -0.2) is 0 Å². The summed E-state index contributed by atoms with van der Waals surface area (Å²) in [6, 6.07) is 11.6. The zero-order valence-electron chi connectivity index (χ0n) is 11.9. The highest BCUT2D eigenvalue weighted by Gasteiger charge is 2.34. The van der Waals surface area contributed by atoms with Gasteiger partial charge in [-0.2, -0.15) is 5.10 Å². The number of carbonyl (C=O) groups is 1. The van der Waals surface area contributed by atoms with Crippen LogP contribution in [0.5, 0.6) is 0 Å². The molecule has 1 amide bonds. The minimum absolute atomic E-state index is 0.284. The molecular formula is C16H20N4O. The van der Waals surface area contributed by atoms with E-state index in [2.05, 4.69) is 10.00 Å². The van der Waals surface area contributed by atoms with Crippen LogP contribution in [-0.4, -0.2) is 33.2 Å². The molecule has 2 aromatic rings. The van der Waals surface area contributed by atoms with Gasteiger partial charge in [0.2, 0.25) is 5.91 Å². The molecule has 0 bridgehead atoms. The van der Waals surface area contributed by atoms with E-state index in [4.69, 9.17) is 5.73 Å². The second kappa shape index (κ2) is 6.10. The fraction of sp³-hybridized carbons (Fsp3) is 0.375. The summed E-state index contributed by atoms with van der Waals surface area (Å²) < 4.78 is 1.92. The highest BCUT2D eigenvalue weighted by Crippen LogP contribution is 2.30. The molecule has 21 heavy (non-hydrogen) atoms. The van der Waals surface area contributed by atoms with E-state index < -0.39 is 0 Å². The number of hydrogen-bond donors (Lipinski definition) is 1. The third-order valence-corrected chi connectivity index (χ3v) is 4.10. The van der Waals surface area contributed by atoms with Crippen LogP contribution in [0.1, 0.15) is 24.4 Å². The van der Waals surface area contributed by atoms with E-state index in [1.54, 1.807) is 6.20 Å². The fourth-order valence-corrected chi connectivity index (χ4v) is 3.17. The molecule has 1 saturated heterocycles. The SMILES string of the molecule is NC(=O)[C@@H](c1ccccc1)N1CCC[C@H]1Cn1cccn1. The predicted molar refractivity (Wildman–Crippen MR) is 80.3 cm³/mol. The van der Waals surface area contributed by atoms with E-state index in [9.17, 15) is 4.79 Å². The molecule has 5 heteroatoms. The molecule has 2 N–H and O–H groups in total. The van der Waals surface area contributed by atoms with Crippen molar-refractivity contribution < 1.29 is 4.79 Å². The van der Waals surface area contributed by atoms with Gasteiger partial charge in [-0.1, -0.05) is 30.3 Å². The van der Waals surface area contributed by atoms with Gasteiger partial charge in [0.25, 0.3) is 0 Å². The maximum Gasteiger partial charge on any atom is 0.239 e. The Morgan fingerprint density at radius 2 is 2.14 bits per heavy atom. The fourth-order valence-electron chi connectivity index (χ4n) is 3.17. The molecule has 1 aromatic carbocycles. The second-order valence-corrected chi connectivity index (χ2v) is 5.48. The molecule has 110 valence electrons. The van der Waals surface area contributed by atoms with Gasteiger partial charge in [0.1, 0.15) is 6.04 Å². The molecule has 3 rings (SSSR count). The van der Waals surface area contributed by atoms with Crippen molar-refractivity contribution in [2.45, 2.75) is 31.5 Å². The van der Waals surface area contributed by atoms with Gasteiger partial charge in [0.15, 0.2) is 0 Å². The predicted octanol–water partition coefficient (Wildman–Crippen LogP) is 1.57. The Balaban J connectivity index is 1.83. The first-order chi connectivity index (χ1) is 10.3. The second-order valence-electron chi connectivity index (χ2n) is 5.48. The number of primary amides is 1. The first kappa shape index (κ1) is 13.8. The number of carbonyl (C=O) groups excluding carboxylic acids is 1. The summed E-state index contributed by atoms with van der Waals surface area (Å²) in [5.74, 6) is -0.284. The molecular weight excluding hydrogens is 264 g/mol.